The largest absolute Gasteiger partial charge is 0.497 e. The number of quaternary nitrogens is 1. The SMILES string of the molecule is CC[C@]1(C)C[C@](CC[NH2+]Cc2ccc(N(C)C)cc2)(c2ccc(OC)cc2)CCO1. The number of hydrogen-bond acceptors (Lipinski definition) is 3. The molecule has 2 aromatic carbocycles. The van der Waals surface area contributed by atoms with Crippen molar-refractivity contribution in [2.75, 3.05) is 39.3 Å². The molecule has 4 heteroatoms. The van der Waals surface area contributed by atoms with Gasteiger partial charge in [-0.05, 0) is 56.0 Å². The van der Waals surface area contributed by atoms with Gasteiger partial charge in [0.25, 0.3) is 0 Å². The fourth-order valence-electron chi connectivity index (χ4n) is 4.70. The van der Waals surface area contributed by atoms with E-state index in [1.807, 2.05) is 0 Å². The van der Waals surface area contributed by atoms with Crippen LogP contribution in [0.5, 0.6) is 5.75 Å². The minimum absolute atomic E-state index is 0.0415. The molecule has 0 unspecified atom stereocenters. The van der Waals surface area contributed by atoms with Crippen LogP contribution < -0.4 is 15.0 Å². The van der Waals surface area contributed by atoms with Crippen molar-refractivity contribution in [2.45, 2.75) is 57.1 Å². The second-order valence-corrected chi connectivity index (χ2v) is 9.18. The van der Waals surface area contributed by atoms with Crippen molar-refractivity contribution in [1.29, 1.82) is 0 Å². The van der Waals surface area contributed by atoms with Crippen molar-refractivity contribution >= 4 is 5.69 Å². The Morgan fingerprint density at radius 1 is 1.07 bits per heavy atom. The first kappa shape index (κ1) is 22.6. The Labute approximate surface area is 182 Å². The van der Waals surface area contributed by atoms with E-state index >= 15 is 0 Å². The fraction of sp³-hybridized carbons (Fsp3) is 0.538. The van der Waals surface area contributed by atoms with Gasteiger partial charge < -0.3 is 19.7 Å². The summed E-state index contributed by atoms with van der Waals surface area (Å²) < 4.78 is 11.6. The third-order valence-corrected chi connectivity index (χ3v) is 6.85. The summed E-state index contributed by atoms with van der Waals surface area (Å²) in [6.45, 7) is 7.49. The zero-order chi connectivity index (χ0) is 21.6. The molecule has 164 valence electrons. The molecule has 3 rings (SSSR count). The van der Waals surface area contributed by atoms with Crippen molar-refractivity contribution in [1.82, 2.24) is 0 Å². The highest BCUT2D eigenvalue weighted by Gasteiger charge is 2.43. The molecule has 0 amide bonds. The Morgan fingerprint density at radius 3 is 2.37 bits per heavy atom. The molecule has 1 fully saturated rings. The lowest BCUT2D eigenvalue weighted by atomic mass is 9.66. The number of nitrogens with zero attached hydrogens (tertiary/aromatic N) is 1. The summed E-state index contributed by atoms with van der Waals surface area (Å²) in [4.78, 5) is 2.14. The van der Waals surface area contributed by atoms with Crippen LogP contribution in [0.25, 0.3) is 0 Å². The van der Waals surface area contributed by atoms with Gasteiger partial charge in [-0.15, -0.1) is 0 Å². The second kappa shape index (κ2) is 9.84. The van der Waals surface area contributed by atoms with E-state index in [1.54, 1.807) is 7.11 Å². The van der Waals surface area contributed by atoms with Gasteiger partial charge in [0, 0.05) is 43.8 Å². The van der Waals surface area contributed by atoms with E-state index in [0.29, 0.717) is 0 Å². The first-order valence-electron chi connectivity index (χ1n) is 11.3. The highest BCUT2D eigenvalue weighted by atomic mass is 16.5. The Bertz CT molecular complexity index is 788. The number of methoxy groups -OCH3 is 1. The van der Waals surface area contributed by atoms with Crippen LogP contribution in [0.1, 0.15) is 50.7 Å². The van der Waals surface area contributed by atoms with Crippen LogP contribution in [-0.2, 0) is 16.7 Å². The second-order valence-electron chi connectivity index (χ2n) is 9.18. The van der Waals surface area contributed by atoms with Gasteiger partial charge in [-0.2, -0.15) is 0 Å². The molecule has 0 bridgehead atoms. The van der Waals surface area contributed by atoms with Gasteiger partial charge in [0.1, 0.15) is 12.3 Å². The van der Waals surface area contributed by atoms with Crippen LogP contribution in [-0.4, -0.2) is 40.0 Å². The van der Waals surface area contributed by atoms with Crippen molar-refractivity contribution < 1.29 is 14.8 Å². The lowest BCUT2D eigenvalue weighted by molar-refractivity contribution is -0.672. The van der Waals surface area contributed by atoms with Crippen LogP contribution in [0.3, 0.4) is 0 Å². The summed E-state index contributed by atoms with van der Waals surface area (Å²) >= 11 is 0. The molecule has 0 radical (unpaired) electrons. The maximum Gasteiger partial charge on any atom is 0.118 e. The highest BCUT2D eigenvalue weighted by molar-refractivity contribution is 5.45. The maximum absolute atomic E-state index is 6.20. The Balaban J connectivity index is 1.68. The topological polar surface area (TPSA) is 38.3 Å². The van der Waals surface area contributed by atoms with Crippen molar-refractivity contribution in [3.63, 3.8) is 0 Å². The Hall–Kier alpha value is -2.04. The first-order chi connectivity index (χ1) is 14.4. The molecule has 0 aromatic heterocycles. The van der Waals surface area contributed by atoms with E-state index in [0.717, 1.165) is 51.1 Å². The lowest BCUT2D eigenvalue weighted by Gasteiger charge is -2.46. The molecule has 0 saturated carbocycles. The van der Waals surface area contributed by atoms with E-state index in [4.69, 9.17) is 9.47 Å². The normalized spacial score (nSPS) is 23.9. The quantitative estimate of drug-likeness (QED) is 0.631. The van der Waals surface area contributed by atoms with Crippen LogP contribution in [0.2, 0.25) is 0 Å². The van der Waals surface area contributed by atoms with E-state index in [-0.39, 0.29) is 11.0 Å². The Morgan fingerprint density at radius 2 is 1.77 bits per heavy atom. The summed E-state index contributed by atoms with van der Waals surface area (Å²) in [5.41, 5.74) is 4.18. The summed E-state index contributed by atoms with van der Waals surface area (Å²) in [6.07, 6.45) is 4.37. The molecule has 30 heavy (non-hydrogen) atoms. The van der Waals surface area contributed by atoms with Crippen LogP contribution >= 0.6 is 0 Å². The monoisotopic (exact) mass is 411 g/mol. The average Bonchev–Trinajstić information content (AvgIpc) is 2.77. The molecule has 4 nitrogen and oxygen atoms in total. The number of hydrogen-bond donors (Lipinski definition) is 1. The molecule has 0 aliphatic carbocycles. The molecule has 2 aromatic rings. The van der Waals surface area contributed by atoms with Crippen molar-refractivity contribution in [3.05, 3.63) is 59.7 Å². The lowest BCUT2D eigenvalue weighted by Crippen LogP contribution is -2.83. The zero-order valence-electron chi connectivity index (χ0n) is 19.4. The molecule has 0 spiro atoms. The van der Waals surface area contributed by atoms with Gasteiger partial charge in [0.2, 0.25) is 0 Å². The number of anilines is 1. The molecule has 1 saturated heterocycles. The number of rotatable bonds is 9. The number of nitrogens with two attached hydrogens (primary N) is 1. The van der Waals surface area contributed by atoms with Crippen LogP contribution in [0.15, 0.2) is 48.5 Å². The van der Waals surface area contributed by atoms with Crippen LogP contribution in [0, 0.1) is 0 Å². The average molecular weight is 412 g/mol. The summed E-state index contributed by atoms with van der Waals surface area (Å²) in [6, 6.07) is 17.6. The molecule has 1 aliphatic rings. The van der Waals surface area contributed by atoms with Gasteiger partial charge in [-0.25, -0.2) is 0 Å². The van der Waals surface area contributed by atoms with Gasteiger partial charge in [0.15, 0.2) is 0 Å². The van der Waals surface area contributed by atoms with Gasteiger partial charge in [0.05, 0.1) is 19.3 Å². The van der Waals surface area contributed by atoms with E-state index in [2.05, 4.69) is 86.7 Å². The third-order valence-electron chi connectivity index (χ3n) is 6.85. The molecule has 1 aliphatic heterocycles. The molecule has 1 heterocycles. The Kier molecular flexibility index (Phi) is 7.43. The maximum atomic E-state index is 6.20. The molecule has 2 atom stereocenters. The zero-order valence-corrected chi connectivity index (χ0v) is 19.4. The number of ether oxygens (including phenoxy) is 2. The fourth-order valence-corrected chi connectivity index (χ4v) is 4.70. The standard InChI is InChI=1S/C26H38N2O2/c1-6-25(2)20-26(16-18-30-25,22-9-13-24(29-5)14-10-22)15-17-27-19-21-7-11-23(12-8-21)28(3)4/h7-14,27H,6,15-20H2,1-5H3/p+1/t25-,26-/m1/s1. The third kappa shape index (κ3) is 5.35. The molecular weight excluding hydrogens is 372 g/mol. The van der Waals surface area contributed by atoms with Crippen molar-refractivity contribution in [2.24, 2.45) is 0 Å². The summed E-state index contributed by atoms with van der Waals surface area (Å²) in [5.74, 6) is 0.923. The van der Waals surface area contributed by atoms with E-state index < -0.39 is 0 Å². The minimum Gasteiger partial charge on any atom is -0.497 e. The van der Waals surface area contributed by atoms with Gasteiger partial charge >= 0.3 is 0 Å². The minimum atomic E-state index is -0.0415. The van der Waals surface area contributed by atoms with Gasteiger partial charge in [-0.3, -0.25) is 0 Å². The number of benzene rings is 2. The molecular formula is C26H39N2O2+. The first-order valence-corrected chi connectivity index (χ1v) is 11.3. The summed E-state index contributed by atoms with van der Waals surface area (Å²) in [7, 11) is 5.89. The predicted molar refractivity (Wildman–Crippen MR) is 124 cm³/mol. The highest BCUT2D eigenvalue weighted by Crippen LogP contribution is 2.45. The van der Waals surface area contributed by atoms with Crippen LogP contribution in [0.4, 0.5) is 5.69 Å². The van der Waals surface area contributed by atoms with Gasteiger partial charge in [-0.1, -0.05) is 31.2 Å². The predicted octanol–water partition coefficient (Wildman–Crippen LogP) is 4.13. The smallest absolute Gasteiger partial charge is 0.118 e. The summed E-state index contributed by atoms with van der Waals surface area (Å²) in [5, 5.41) is 2.45. The van der Waals surface area contributed by atoms with E-state index in [9.17, 15) is 0 Å². The molecule has 2 N–H and O–H groups in total. The van der Waals surface area contributed by atoms with Crippen molar-refractivity contribution in [3.8, 4) is 5.75 Å². The van der Waals surface area contributed by atoms with E-state index in [1.165, 1.54) is 16.8 Å².